The Kier molecular flexibility index (Phi) is 7.41. The van der Waals surface area contributed by atoms with Gasteiger partial charge in [0, 0.05) is 34.9 Å². The molecule has 0 saturated carbocycles. The lowest BCUT2D eigenvalue weighted by atomic mass is 10.1. The van der Waals surface area contributed by atoms with Crippen LogP contribution < -0.4 is 15.0 Å². The minimum atomic E-state index is -0.683. The molecule has 32 heavy (non-hydrogen) atoms. The number of furan rings is 1. The topological polar surface area (TPSA) is 81.0 Å². The summed E-state index contributed by atoms with van der Waals surface area (Å²) in [5.41, 5.74) is 2.93. The Morgan fingerprint density at radius 2 is 1.81 bits per heavy atom. The highest BCUT2D eigenvalue weighted by molar-refractivity contribution is 5.98. The molecule has 0 aliphatic heterocycles. The number of hydrogen-bond donors (Lipinski definition) is 1. The Hall–Kier alpha value is -3.48. The van der Waals surface area contributed by atoms with E-state index in [2.05, 4.69) is 31.0 Å². The molecule has 3 rings (SSSR count). The van der Waals surface area contributed by atoms with Crippen molar-refractivity contribution in [1.29, 1.82) is 0 Å². The van der Waals surface area contributed by atoms with E-state index in [1.807, 2.05) is 37.3 Å². The molecule has 0 unspecified atom stereocenters. The summed E-state index contributed by atoms with van der Waals surface area (Å²) in [6, 6.07) is 13.3. The lowest BCUT2D eigenvalue weighted by Crippen LogP contribution is -2.30. The number of ether oxygens (including phenoxy) is 2. The molecule has 0 atom stereocenters. The Morgan fingerprint density at radius 1 is 1.09 bits per heavy atom. The fourth-order valence-electron chi connectivity index (χ4n) is 3.63. The second kappa shape index (κ2) is 10.2. The molecule has 1 amide bonds. The minimum absolute atomic E-state index is 0.0825. The maximum Gasteiger partial charge on any atom is 0.375 e. The quantitative estimate of drug-likeness (QED) is 0.464. The standard InChI is InChI=1S/C25H30N2O5/c1-6-27(16(3)4)19-10-8-18(9-11-19)26-23(28)15-31-25(29)24-17(5)21-14-20(30-7-2)12-13-22(21)32-24/h8-14,16H,6-7,15H2,1-5H3,(H,26,28). The lowest BCUT2D eigenvalue weighted by Gasteiger charge is -2.27. The van der Waals surface area contributed by atoms with E-state index in [4.69, 9.17) is 13.9 Å². The average Bonchev–Trinajstić information content (AvgIpc) is 3.10. The molecule has 3 aromatic rings. The number of esters is 1. The Labute approximate surface area is 188 Å². The van der Waals surface area contributed by atoms with Crippen LogP contribution in [-0.2, 0) is 9.53 Å². The van der Waals surface area contributed by atoms with Gasteiger partial charge in [0.15, 0.2) is 6.61 Å². The van der Waals surface area contributed by atoms with Crippen LogP contribution in [0.3, 0.4) is 0 Å². The first-order valence-electron chi connectivity index (χ1n) is 10.8. The van der Waals surface area contributed by atoms with E-state index < -0.39 is 18.5 Å². The molecule has 0 aliphatic rings. The Balaban J connectivity index is 1.60. The average molecular weight is 439 g/mol. The van der Waals surface area contributed by atoms with Crippen molar-refractivity contribution in [3.05, 3.63) is 53.8 Å². The summed E-state index contributed by atoms with van der Waals surface area (Å²) >= 11 is 0. The van der Waals surface area contributed by atoms with Crippen LogP contribution in [0, 0.1) is 6.92 Å². The zero-order valence-electron chi connectivity index (χ0n) is 19.2. The first kappa shape index (κ1) is 23.2. The molecule has 7 nitrogen and oxygen atoms in total. The third-order valence-electron chi connectivity index (χ3n) is 5.19. The fraction of sp³-hybridized carbons (Fsp3) is 0.360. The van der Waals surface area contributed by atoms with Gasteiger partial charge < -0.3 is 24.1 Å². The Morgan fingerprint density at radius 3 is 2.44 bits per heavy atom. The molecule has 0 fully saturated rings. The van der Waals surface area contributed by atoms with Gasteiger partial charge in [-0.05, 0) is 77.1 Å². The number of fused-ring (bicyclic) bond motifs is 1. The van der Waals surface area contributed by atoms with Crippen LogP contribution in [-0.4, -0.2) is 37.7 Å². The van der Waals surface area contributed by atoms with Crippen LogP contribution in [0.1, 0.15) is 43.8 Å². The summed E-state index contributed by atoms with van der Waals surface area (Å²) in [5.74, 6) is -0.323. The fourth-order valence-corrected chi connectivity index (χ4v) is 3.63. The predicted octanol–water partition coefficient (Wildman–Crippen LogP) is 5.17. The van der Waals surface area contributed by atoms with Crippen molar-refractivity contribution in [2.75, 3.05) is 30.0 Å². The van der Waals surface area contributed by atoms with Gasteiger partial charge in [-0.2, -0.15) is 0 Å². The van der Waals surface area contributed by atoms with E-state index in [0.717, 1.165) is 17.6 Å². The highest BCUT2D eigenvalue weighted by Crippen LogP contribution is 2.29. The van der Waals surface area contributed by atoms with Gasteiger partial charge in [-0.3, -0.25) is 4.79 Å². The number of carbonyl (C=O) groups excluding carboxylic acids is 2. The van der Waals surface area contributed by atoms with Crippen molar-refractivity contribution in [2.45, 2.75) is 40.7 Å². The Bertz CT molecular complexity index is 1090. The van der Waals surface area contributed by atoms with Crippen LogP contribution >= 0.6 is 0 Å². The van der Waals surface area contributed by atoms with E-state index in [0.29, 0.717) is 35.2 Å². The second-order valence-electron chi connectivity index (χ2n) is 7.70. The number of nitrogens with one attached hydrogen (secondary N) is 1. The van der Waals surface area contributed by atoms with E-state index in [-0.39, 0.29) is 5.76 Å². The molecule has 0 radical (unpaired) electrons. The summed E-state index contributed by atoms with van der Waals surface area (Å²) in [6.07, 6.45) is 0. The number of anilines is 2. The molecule has 1 aromatic heterocycles. The van der Waals surface area contributed by atoms with E-state index in [1.165, 1.54) is 0 Å². The maximum atomic E-state index is 12.5. The van der Waals surface area contributed by atoms with Gasteiger partial charge in [-0.1, -0.05) is 0 Å². The van der Waals surface area contributed by atoms with Gasteiger partial charge in [-0.25, -0.2) is 4.79 Å². The van der Waals surface area contributed by atoms with Gasteiger partial charge in [0.05, 0.1) is 6.61 Å². The summed E-state index contributed by atoms with van der Waals surface area (Å²) in [5, 5.41) is 3.52. The number of amides is 1. The van der Waals surface area contributed by atoms with Crippen LogP contribution in [0.15, 0.2) is 46.9 Å². The molecule has 0 saturated heterocycles. The largest absolute Gasteiger partial charge is 0.494 e. The first-order chi connectivity index (χ1) is 15.3. The second-order valence-corrected chi connectivity index (χ2v) is 7.70. The zero-order valence-corrected chi connectivity index (χ0v) is 19.2. The molecule has 1 heterocycles. The van der Waals surface area contributed by atoms with Gasteiger partial charge >= 0.3 is 5.97 Å². The van der Waals surface area contributed by atoms with Crippen molar-refractivity contribution < 1.29 is 23.5 Å². The number of rotatable bonds is 9. The highest BCUT2D eigenvalue weighted by Gasteiger charge is 2.20. The molecule has 170 valence electrons. The number of carbonyl (C=O) groups is 2. The number of benzene rings is 2. The molecular formula is C25H30N2O5. The van der Waals surface area contributed by atoms with Crippen molar-refractivity contribution in [1.82, 2.24) is 0 Å². The number of hydrogen-bond acceptors (Lipinski definition) is 6. The summed E-state index contributed by atoms with van der Waals surface area (Å²) < 4.78 is 16.3. The summed E-state index contributed by atoms with van der Waals surface area (Å²) in [7, 11) is 0. The number of nitrogens with zero attached hydrogens (tertiary/aromatic N) is 1. The predicted molar refractivity (Wildman–Crippen MR) is 126 cm³/mol. The monoisotopic (exact) mass is 438 g/mol. The highest BCUT2D eigenvalue weighted by atomic mass is 16.5. The van der Waals surface area contributed by atoms with Crippen LogP contribution in [0.2, 0.25) is 0 Å². The van der Waals surface area contributed by atoms with Gasteiger partial charge in [0.1, 0.15) is 11.3 Å². The molecule has 7 heteroatoms. The van der Waals surface area contributed by atoms with Crippen molar-refractivity contribution in [3.63, 3.8) is 0 Å². The molecule has 0 aliphatic carbocycles. The normalized spacial score (nSPS) is 10.9. The third-order valence-corrected chi connectivity index (χ3v) is 5.19. The van der Waals surface area contributed by atoms with Crippen LogP contribution in [0.4, 0.5) is 11.4 Å². The number of aryl methyl sites for hydroxylation is 1. The van der Waals surface area contributed by atoms with Gasteiger partial charge in [-0.15, -0.1) is 0 Å². The maximum absolute atomic E-state index is 12.5. The van der Waals surface area contributed by atoms with Crippen molar-refractivity contribution in [2.24, 2.45) is 0 Å². The summed E-state index contributed by atoms with van der Waals surface area (Å²) in [6.45, 7) is 11.1. The molecule has 1 N–H and O–H groups in total. The lowest BCUT2D eigenvalue weighted by molar-refractivity contribution is -0.119. The zero-order chi connectivity index (χ0) is 23.3. The third kappa shape index (κ3) is 5.22. The SMILES string of the molecule is CCOc1ccc2oc(C(=O)OCC(=O)Nc3ccc(N(CC)C(C)C)cc3)c(C)c2c1. The van der Waals surface area contributed by atoms with Gasteiger partial charge in [0.25, 0.3) is 5.91 Å². The smallest absolute Gasteiger partial charge is 0.375 e. The summed E-state index contributed by atoms with van der Waals surface area (Å²) in [4.78, 5) is 27.0. The van der Waals surface area contributed by atoms with E-state index in [9.17, 15) is 9.59 Å². The van der Waals surface area contributed by atoms with Crippen molar-refractivity contribution in [3.8, 4) is 5.75 Å². The van der Waals surface area contributed by atoms with E-state index in [1.54, 1.807) is 19.1 Å². The van der Waals surface area contributed by atoms with Crippen molar-refractivity contribution >= 4 is 34.2 Å². The van der Waals surface area contributed by atoms with Crippen LogP contribution in [0.5, 0.6) is 5.75 Å². The molecule has 0 bridgehead atoms. The molecule has 0 spiro atoms. The molecule has 2 aromatic carbocycles. The van der Waals surface area contributed by atoms with Crippen LogP contribution in [0.25, 0.3) is 11.0 Å². The van der Waals surface area contributed by atoms with Gasteiger partial charge in [0.2, 0.25) is 5.76 Å². The minimum Gasteiger partial charge on any atom is -0.494 e. The van der Waals surface area contributed by atoms with E-state index >= 15 is 0 Å². The first-order valence-corrected chi connectivity index (χ1v) is 10.8. The molecular weight excluding hydrogens is 408 g/mol.